The molecule has 0 bridgehead atoms. The minimum absolute atomic E-state index is 0.335. The van der Waals surface area contributed by atoms with Gasteiger partial charge in [-0.1, -0.05) is 30.3 Å². The van der Waals surface area contributed by atoms with Gasteiger partial charge in [-0.15, -0.1) is 0 Å². The van der Waals surface area contributed by atoms with E-state index >= 15 is 0 Å². The molecule has 0 fully saturated rings. The van der Waals surface area contributed by atoms with Gasteiger partial charge in [-0.2, -0.15) is 0 Å². The van der Waals surface area contributed by atoms with Gasteiger partial charge in [0.25, 0.3) is 5.91 Å². The van der Waals surface area contributed by atoms with Crippen LogP contribution in [0.25, 0.3) is 10.8 Å². The first-order valence-electron chi connectivity index (χ1n) is 8.39. The Morgan fingerprint density at radius 1 is 1.00 bits per heavy atom. The molecule has 0 radical (unpaired) electrons. The Bertz CT molecular complexity index is 956. The number of ether oxygens (including phenoxy) is 2. The van der Waals surface area contributed by atoms with E-state index in [9.17, 15) is 14.0 Å². The van der Waals surface area contributed by atoms with Gasteiger partial charge in [0.2, 0.25) is 0 Å². The van der Waals surface area contributed by atoms with Crippen LogP contribution >= 0.6 is 0 Å². The van der Waals surface area contributed by atoms with Gasteiger partial charge >= 0.3 is 5.97 Å². The Morgan fingerprint density at radius 2 is 1.70 bits per heavy atom. The van der Waals surface area contributed by atoms with Gasteiger partial charge in [0.05, 0.1) is 0 Å². The lowest BCUT2D eigenvalue weighted by Crippen LogP contribution is -2.29. The van der Waals surface area contributed by atoms with Crippen molar-refractivity contribution in [3.63, 3.8) is 0 Å². The van der Waals surface area contributed by atoms with E-state index in [1.165, 1.54) is 31.2 Å². The summed E-state index contributed by atoms with van der Waals surface area (Å²) in [4.78, 5) is 23.9. The van der Waals surface area contributed by atoms with Crippen LogP contribution in [0.15, 0.2) is 66.7 Å². The molecule has 138 valence electrons. The van der Waals surface area contributed by atoms with Crippen LogP contribution in [0, 0.1) is 5.82 Å². The molecule has 0 aromatic heterocycles. The number of carbonyl (C=O) groups excluding carboxylic acids is 2. The Morgan fingerprint density at radius 3 is 2.44 bits per heavy atom. The number of amides is 1. The van der Waals surface area contributed by atoms with Crippen LogP contribution in [0.3, 0.4) is 0 Å². The molecule has 3 rings (SSSR count). The van der Waals surface area contributed by atoms with Crippen LogP contribution in [-0.2, 0) is 14.3 Å². The molecule has 5 nitrogen and oxygen atoms in total. The summed E-state index contributed by atoms with van der Waals surface area (Å²) in [6.07, 6.45) is -0.927. The quantitative estimate of drug-likeness (QED) is 0.671. The number of carbonyl (C=O) groups is 2. The molecule has 0 saturated heterocycles. The highest BCUT2D eigenvalue weighted by atomic mass is 19.1. The highest BCUT2D eigenvalue weighted by Crippen LogP contribution is 2.19. The topological polar surface area (TPSA) is 64.6 Å². The third-order valence-corrected chi connectivity index (χ3v) is 3.84. The van der Waals surface area contributed by atoms with Crippen molar-refractivity contribution in [1.29, 1.82) is 0 Å². The van der Waals surface area contributed by atoms with Crippen molar-refractivity contribution in [3.05, 3.63) is 72.5 Å². The third-order valence-electron chi connectivity index (χ3n) is 3.84. The average molecular weight is 367 g/mol. The van der Waals surface area contributed by atoms with Crippen molar-refractivity contribution in [2.75, 3.05) is 11.9 Å². The van der Waals surface area contributed by atoms with Crippen molar-refractivity contribution in [1.82, 2.24) is 0 Å². The van der Waals surface area contributed by atoms with Crippen molar-refractivity contribution >= 4 is 28.3 Å². The van der Waals surface area contributed by atoms with E-state index in [1.54, 1.807) is 6.07 Å². The molecular weight excluding hydrogens is 349 g/mol. The van der Waals surface area contributed by atoms with E-state index in [1.807, 2.05) is 36.4 Å². The van der Waals surface area contributed by atoms with Crippen molar-refractivity contribution in [3.8, 4) is 5.75 Å². The minimum Gasteiger partial charge on any atom is -0.479 e. The molecule has 0 aliphatic carbocycles. The predicted octanol–water partition coefficient (Wildman–Crippen LogP) is 3.93. The van der Waals surface area contributed by atoms with E-state index in [0.717, 1.165) is 10.8 Å². The Kier molecular flexibility index (Phi) is 5.66. The summed E-state index contributed by atoms with van der Waals surface area (Å²) < 4.78 is 23.2. The first-order valence-corrected chi connectivity index (χ1v) is 8.39. The standard InChI is InChI=1S/C21H18FNO4/c1-14(27-19-10-7-17(22)8-11-19)21(25)26-13-20(24)23-18-9-6-15-4-2-3-5-16(15)12-18/h2-12,14H,13H2,1H3,(H,23,24)/t14-/m0/s1. The highest BCUT2D eigenvalue weighted by molar-refractivity contribution is 5.95. The number of hydrogen-bond acceptors (Lipinski definition) is 4. The summed E-state index contributed by atoms with van der Waals surface area (Å²) in [5, 5.41) is 4.74. The van der Waals surface area contributed by atoms with Crippen LogP contribution in [0.4, 0.5) is 10.1 Å². The molecule has 27 heavy (non-hydrogen) atoms. The number of halogens is 1. The largest absolute Gasteiger partial charge is 0.479 e. The predicted molar refractivity (Wildman–Crippen MR) is 100 cm³/mol. The van der Waals surface area contributed by atoms with E-state index in [2.05, 4.69) is 5.32 Å². The highest BCUT2D eigenvalue weighted by Gasteiger charge is 2.18. The van der Waals surface area contributed by atoms with Gasteiger partial charge in [0.1, 0.15) is 11.6 Å². The lowest BCUT2D eigenvalue weighted by Gasteiger charge is -2.14. The molecule has 0 aliphatic heterocycles. The van der Waals surface area contributed by atoms with Crippen LogP contribution < -0.4 is 10.1 Å². The van der Waals surface area contributed by atoms with Gasteiger partial charge < -0.3 is 14.8 Å². The van der Waals surface area contributed by atoms with E-state index in [0.29, 0.717) is 11.4 Å². The minimum atomic E-state index is -0.927. The Hall–Kier alpha value is -3.41. The molecular formula is C21H18FNO4. The summed E-state index contributed by atoms with van der Waals surface area (Å²) >= 11 is 0. The molecule has 0 saturated carbocycles. The first-order chi connectivity index (χ1) is 13.0. The summed E-state index contributed by atoms with van der Waals surface area (Å²) in [6, 6.07) is 18.6. The Balaban J connectivity index is 1.50. The maximum Gasteiger partial charge on any atom is 0.347 e. The van der Waals surface area contributed by atoms with Crippen LogP contribution in [0.2, 0.25) is 0 Å². The summed E-state index contributed by atoms with van der Waals surface area (Å²) in [6.45, 7) is 1.07. The molecule has 0 heterocycles. The number of nitrogens with one attached hydrogen (secondary N) is 1. The fraction of sp³-hybridized carbons (Fsp3) is 0.143. The van der Waals surface area contributed by atoms with Gasteiger partial charge in [-0.05, 0) is 54.1 Å². The SMILES string of the molecule is C[C@H](Oc1ccc(F)cc1)C(=O)OCC(=O)Nc1ccc2ccccc2c1. The maximum absolute atomic E-state index is 12.9. The van der Waals surface area contributed by atoms with Crippen LogP contribution in [0.1, 0.15) is 6.92 Å². The molecule has 0 unspecified atom stereocenters. The number of benzene rings is 3. The second-order valence-electron chi connectivity index (χ2n) is 5.93. The van der Waals surface area contributed by atoms with Crippen LogP contribution in [0.5, 0.6) is 5.75 Å². The average Bonchev–Trinajstić information content (AvgIpc) is 2.67. The number of anilines is 1. The van der Waals surface area contributed by atoms with Crippen molar-refractivity contribution in [2.24, 2.45) is 0 Å². The number of rotatable bonds is 6. The van der Waals surface area contributed by atoms with Crippen molar-refractivity contribution in [2.45, 2.75) is 13.0 Å². The fourth-order valence-electron chi connectivity index (χ4n) is 2.48. The molecule has 1 amide bonds. The molecule has 1 N–H and O–H groups in total. The molecule has 3 aromatic carbocycles. The number of fused-ring (bicyclic) bond motifs is 1. The van der Waals surface area contributed by atoms with Gasteiger partial charge in [0, 0.05) is 5.69 Å². The van der Waals surface area contributed by atoms with E-state index < -0.39 is 30.4 Å². The lowest BCUT2D eigenvalue weighted by molar-refractivity contribution is -0.153. The maximum atomic E-state index is 12.9. The van der Waals surface area contributed by atoms with Gasteiger partial charge in [-0.25, -0.2) is 9.18 Å². The number of hydrogen-bond donors (Lipinski definition) is 1. The lowest BCUT2D eigenvalue weighted by atomic mass is 10.1. The van der Waals surface area contributed by atoms with E-state index in [4.69, 9.17) is 9.47 Å². The second kappa shape index (κ2) is 8.31. The summed E-state index contributed by atoms with van der Waals surface area (Å²) in [7, 11) is 0. The van der Waals surface area contributed by atoms with Gasteiger partial charge in [-0.3, -0.25) is 4.79 Å². The van der Waals surface area contributed by atoms with E-state index in [-0.39, 0.29) is 0 Å². The Labute approximate surface area is 155 Å². The monoisotopic (exact) mass is 367 g/mol. The molecule has 0 spiro atoms. The first kappa shape index (κ1) is 18.4. The van der Waals surface area contributed by atoms with Crippen LogP contribution in [-0.4, -0.2) is 24.6 Å². The number of esters is 1. The molecule has 6 heteroatoms. The second-order valence-corrected chi connectivity index (χ2v) is 5.93. The zero-order chi connectivity index (χ0) is 19.2. The normalized spacial score (nSPS) is 11.6. The zero-order valence-corrected chi connectivity index (χ0v) is 14.6. The molecule has 1 atom stereocenters. The van der Waals surface area contributed by atoms with Crippen molar-refractivity contribution < 1.29 is 23.5 Å². The zero-order valence-electron chi connectivity index (χ0n) is 14.6. The third kappa shape index (κ3) is 5.04. The fourth-order valence-corrected chi connectivity index (χ4v) is 2.48. The summed E-state index contributed by atoms with van der Waals surface area (Å²) in [5.74, 6) is -1.20. The smallest absolute Gasteiger partial charge is 0.347 e. The summed E-state index contributed by atoms with van der Waals surface area (Å²) in [5.41, 5.74) is 0.616. The molecule has 3 aromatic rings. The van der Waals surface area contributed by atoms with Gasteiger partial charge in [0.15, 0.2) is 12.7 Å². The molecule has 0 aliphatic rings.